The topological polar surface area (TPSA) is 23.8 Å². The van der Waals surface area contributed by atoms with Crippen LogP contribution >= 0.6 is 11.6 Å². The molecule has 0 N–H and O–H groups in total. The highest BCUT2D eigenvalue weighted by atomic mass is 35.5. The number of aryl methyl sites for hydroxylation is 1. The number of nitriles is 1. The quantitative estimate of drug-likeness (QED) is 0.734. The van der Waals surface area contributed by atoms with Gasteiger partial charge in [-0.25, -0.2) is 4.39 Å². The number of hydrogen-bond acceptors (Lipinski definition) is 1. The first-order chi connectivity index (χ1) is 8.11. The summed E-state index contributed by atoms with van der Waals surface area (Å²) in [4.78, 5) is 0. The van der Waals surface area contributed by atoms with Crippen LogP contribution in [0, 0.1) is 24.1 Å². The molecule has 0 aliphatic heterocycles. The molecule has 2 rings (SSSR count). The van der Waals surface area contributed by atoms with E-state index in [1.807, 2.05) is 19.1 Å². The van der Waals surface area contributed by atoms with E-state index in [1.165, 1.54) is 6.07 Å². The Morgan fingerprint density at radius 2 is 1.88 bits per heavy atom. The summed E-state index contributed by atoms with van der Waals surface area (Å²) in [5, 5.41) is 9.26. The Labute approximate surface area is 104 Å². The average molecular weight is 246 g/mol. The first kappa shape index (κ1) is 11.6. The van der Waals surface area contributed by atoms with Gasteiger partial charge >= 0.3 is 0 Å². The van der Waals surface area contributed by atoms with Gasteiger partial charge in [-0.2, -0.15) is 5.26 Å². The highest BCUT2D eigenvalue weighted by Gasteiger charge is 2.09. The van der Waals surface area contributed by atoms with Crippen LogP contribution in [0.1, 0.15) is 11.1 Å². The molecule has 0 aliphatic carbocycles. The second-order valence-electron chi connectivity index (χ2n) is 3.79. The van der Waals surface area contributed by atoms with Crippen LogP contribution in [0.25, 0.3) is 11.1 Å². The Kier molecular flexibility index (Phi) is 3.12. The van der Waals surface area contributed by atoms with Gasteiger partial charge in [-0.3, -0.25) is 0 Å². The molecule has 2 aromatic rings. The van der Waals surface area contributed by atoms with Crippen molar-refractivity contribution in [2.45, 2.75) is 6.92 Å². The molecule has 0 heterocycles. The molecule has 0 amide bonds. The summed E-state index contributed by atoms with van der Waals surface area (Å²) in [6.07, 6.45) is 0. The first-order valence-corrected chi connectivity index (χ1v) is 5.46. The third kappa shape index (κ3) is 2.30. The van der Waals surface area contributed by atoms with E-state index in [0.29, 0.717) is 21.7 Å². The van der Waals surface area contributed by atoms with Crippen LogP contribution in [-0.4, -0.2) is 0 Å². The molecular formula is C14H9ClFN. The summed E-state index contributed by atoms with van der Waals surface area (Å²) < 4.78 is 13.8. The van der Waals surface area contributed by atoms with Gasteiger partial charge in [-0.1, -0.05) is 23.7 Å². The molecular weight excluding hydrogens is 237 g/mol. The maximum absolute atomic E-state index is 13.8. The van der Waals surface area contributed by atoms with Crippen molar-refractivity contribution in [3.63, 3.8) is 0 Å². The number of halogens is 2. The molecule has 0 spiro atoms. The predicted molar refractivity (Wildman–Crippen MR) is 66.3 cm³/mol. The number of hydrogen-bond donors (Lipinski definition) is 0. The van der Waals surface area contributed by atoms with E-state index in [0.717, 1.165) is 5.56 Å². The van der Waals surface area contributed by atoms with E-state index in [9.17, 15) is 4.39 Å². The summed E-state index contributed by atoms with van der Waals surface area (Å²) in [6, 6.07) is 11.8. The summed E-state index contributed by atoms with van der Waals surface area (Å²) in [5.41, 5.74) is 2.27. The molecule has 0 aliphatic rings. The maximum atomic E-state index is 13.8. The molecule has 3 heteroatoms. The van der Waals surface area contributed by atoms with Crippen molar-refractivity contribution in [2.24, 2.45) is 0 Å². The van der Waals surface area contributed by atoms with Crippen LogP contribution in [0.2, 0.25) is 5.02 Å². The van der Waals surface area contributed by atoms with E-state index < -0.39 is 0 Å². The van der Waals surface area contributed by atoms with E-state index >= 15 is 0 Å². The highest BCUT2D eigenvalue weighted by Crippen LogP contribution is 2.31. The van der Waals surface area contributed by atoms with Gasteiger partial charge in [-0.15, -0.1) is 0 Å². The molecule has 0 unspecified atom stereocenters. The summed E-state index contributed by atoms with van der Waals surface area (Å²) >= 11 is 6.02. The summed E-state index contributed by atoms with van der Waals surface area (Å²) in [6.45, 7) is 1.82. The molecule has 1 nitrogen and oxygen atoms in total. The monoisotopic (exact) mass is 245 g/mol. The van der Waals surface area contributed by atoms with Crippen molar-refractivity contribution < 1.29 is 4.39 Å². The third-order valence-electron chi connectivity index (χ3n) is 2.51. The molecule has 0 radical (unpaired) electrons. The van der Waals surface area contributed by atoms with Gasteiger partial charge in [0.1, 0.15) is 5.82 Å². The minimum Gasteiger partial charge on any atom is -0.206 e. The average Bonchev–Trinajstić information content (AvgIpc) is 2.30. The van der Waals surface area contributed by atoms with Gasteiger partial charge in [0, 0.05) is 16.1 Å². The van der Waals surface area contributed by atoms with Gasteiger partial charge in [0.2, 0.25) is 0 Å². The predicted octanol–water partition coefficient (Wildman–Crippen LogP) is 4.33. The third-order valence-corrected chi connectivity index (χ3v) is 2.84. The normalized spacial score (nSPS) is 10.0. The summed E-state index contributed by atoms with van der Waals surface area (Å²) in [7, 11) is 0. The number of benzene rings is 2. The van der Waals surface area contributed by atoms with Crippen molar-refractivity contribution >= 4 is 11.6 Å². The van der Waals surface area contributed by atoms with Crippen LogP contribution in [0.3, 0.4) is 0 Å². The Morgan fingerprint density at radius 1 is 1.12 bits per heavy atom. The lowest BCUT2D eigenvalue weighted by Crippen LogP contribution is -1.88. The van der Waals surface area contributed by atoms with E-state index in [2.05, 4.69) is 0 Å². The lowest BCUT2D eigenvalue weighted by molar-refractivity contribution is 0.630. The van der Waals surface area contributed by atoms with Crippen molar-refractivity contribution in [3.05, 3.63) is 58.4 Å². The van der Waals surface area contributed by atoms with Crippen molar-refractivity contribution in [2.75, 3.05) is 0 Å². The van der Waals surface area contributed by atoms with Gasteiger partial charge < -0.3 is 0 Å². The molecule has 2 aromatic carbocycles. The van der Waals surface area contributed by atoms with Crippen LogP contribution in [0.5, 0.6) is 0 Å². The number of rotatable bonds is 1. The molecule has 0 bridgehead atoms. The standard InChI is InChI=1S/C14H9ClFN/c1-9-2-4-11(14(16)6-9)12-7-10(8-17)3-5-13(12)15/h2-7H,1H3. The Balaban J connectivity index is 2.64. The van der Waals surface area contributed by atoms with Crippen LogP contribution in [0.15, 0.2) is 36.4 Å². The molecule has 17 heavy (non-hydrogen) atoms. The first-order valence-electron chi connectivity index (χ1n) is 5.08. The number of nitrogens with zero attached hydrogens (tertiary/aromatic N) is 1. The van der Waals surface area contributed by atoms with Crippen molar-refractivity contribution in [3.8, 4) is 17.2 Å². The molecule has 0 fully saturated rings. The fourth-order valence-electron chi connectivity index (χ4n) is 1.64. The fourth-order valence-corrected chi connectivity index (χ4v) is 1.86. The minimum atomic E-state index is -0.331. The van der Waals surface area contributed by atoms with E-state index in [1.54, 1.807) is 24.3 Å². The molecule has 0 aromatic heterocycles. The zero-order valence-corrected chi connectivity index (χ0v) is 9.92. The molecule has 0 saturated carbocycles. The van der Waals surface area contributed by atoms with Gasteiger partial charge in [0.15, 0.2) is 0 Å². The van der Waals surface area contributed by atoms with Gasteiger partial charge in [-0.05, 0) is 36.8 Å². The lowest BCUT2D eigenvalue weighted by atomic mass is 10.0. The molecule has 0 saturated heterocycles. The Morgan fingerprint density at radius 3 is 2.53 bits per heavy atom. The zero-order valence-electron chi connectivity index (χ0n) is 9.17. The fraction of sp³-hybridized carbons (Fsp3) is 0.0714. The van der Waals surface area contributed by atoms with E-state index in [4.69, 9.17) is 16.9 Å². The largest absolute Gasteiger partial charge is 0.206 e. The molecule has 0 atom stereocenters. The van der Waals surface area contributed by atoms with Crippen LogP contribution < -0.4 is 0 Å². The second-order valence-corrected chi connectivity index (χ2v) is 4.20. The Bertz CT molecular complexity index is 614. The van der Waals surface area contributed by atoms with Crippen LogP contribution in [0.4, 0.5) is 4.39 Å². The van der Waals surface area contributed by atoms with Gasteiger partial charge in [0.25, 0.3) is 0 Å². The SMILES string of the molecule is Cc1ccc(-c2cc(C#N)ccc2Cl)c(F)c1. The van der Waals surface area contributed by atoms with Gasteiger partial charge in [0.05, 0.1) is 11.6 Å². The lowest BCUT2D eigenvalue weighted by Gasteiger charge is -2.07. The van der Waals surface area contributed by atoms with E-state index in [-0.39, 0.29) is 5.82 Å². The summed E-state index contributed by atoms with van der Waals surface area (Å²) in [5.74, 6) is -0.331. The Hall–Kier alpha value is -1.85. The van der Waals surface area contributed by atoms with Crippen molar-refractivity contribution in [1.82, 2.24) is 0 Å². The highest BCUT2D eigenvalue weighted by molar-refractivity contribution is 6.33. The van der Waals surface area contributed by atoms with Crippen LogP contribution in [-0.2, 0) is 0 Å². The smallest absolute Gasteiger partial charge is 0.131 e. The molecule has 84 valence electrons. The second kappa shape index (κ2) is 4.57. The maximum Gasteiger partial charge on any atom is 0.131 e. The zero-order chi connectivity index (χ0) is 12.4. The minimum absolute atomic E-state index is 0.331. The van der Waals surface area contributed by atoms with Crippen molar-refractivity contribution in [1.29, 1.82) is 5.26 Å².